The first-order valence-electron chi connectivity index (χ1n) is 5.89. The number of carbonyl (C=O) groups is 1. The van der Waals surface area contributed by atoms with E-state index in [9.17, 15) is 4.79 Å². The minimum atomic E-state index is -0.326. The van der Waals surface area contributed by atoms with Gasteiger partial charge in [-0.25, -0.2) is 0 Å². The number of amides is 1. The van der Waals surface area contributed by atoms with Crippen LogP contribution in [-0.2, 0) is 4.79 Å². The van der Waals surface area contributed by atoms with Gasteiger partial charge in [0.25, 0.3) is 0 Å². The third kappa shape index (κ3) is 5.41. The van der Waals surface area contributed by atoms with Gasteiger partial charge in [0.05, 0.1) is 6.07 Å². The van der Waals surface area contributed by atoms with Crippen LogP contribution in [0, 0.1) is 17.2 Å². The highest BCUT2D eigenvalue weighted by atomic mass is 16.1. The van der Waals surface area contributed by atoms with Gasteiger partial charge in [0.15, 0.2) is 0 Å². The van der Waals surface area contributed by atoms with Gasteiger partial charge < -0.3 is 5.32 Å². The summed E-state index contributed by atoms with van der Waals surface area (Å²) in [7, 11) is 0. The van der Waals surface area contributed by atoms with Gasteiger partial charge in [0, 0.05) is 5.92 Å². The number of rotatable bonds is 7. The number of nitriles is 1. The third-order valence-electron chi connectivity index (χ3n) is 2.65. The Labute approximate surface area is 92.9 Å². The second kappa shape index (κ2) is 8.28. The smallest absolute Gasteiger partial charge is 0.224 e. The van der Waals surface area contributed by atoms with Crippen LogP contribution in [0.2, 0.25) is 0 Å². The van der Waals surface area contributed by atoms with E-state index in [0.717, 1.165) is 25.7 Å². The molecule has 86 valence electrons. The summed E-state index contributed by atoms with van der Waals surface area (Å²) < 4.78 is 0. The van der Waals surface area contributed by atoms with Gasteiger partial charge in [-0.1, -0.05) is 33.6 Å². The Morgan fingerprint density at radius 1 is 1.33 bits per heavy atom. The maximum Gasteiger partial charge on any atom is 0.224 e. The van der Waals surface area contributed by atoms with E-state index in [-0.39, 0.29) is 17.9 Å². The van der Waals surface area contributed by atoms with Gasteiger partial charge in [0.1, 0.15) is 6.04 Å². The summed E-state index contributed by atoms with van der Waals surface area (Å²) in [6.45, 7) is 6.04. The molecule has 0 aliphatic heterocycles. The summed E-state index contributed by atoms with van der Waals surface area (Å²) >= 11 is 0. The molecule has 0 aliphatic rings. The Morgan fingerprint density at radius 2 is 2.00 bits per heavy atom. The monoisotopic (exact) mass is 210 g/mol. The molecule has 0 aliphatic carbocycles. The summed E-state index contributed by atoms with van der Waals surface area (Å²) in [5, 5.41) is 11.5. The number of nitrogens with one attached hydrogen (secondary N) is 1. The van der Waals surface area contributed by atoms with Crippen LogP contribution in [0.25, 0.3) is 0 Å². The van der Waals surface area contributed by atoms with E-state index in [4.69, 9.17) is 5.26 Å². The Morgan fingerprint density at radius 3 is 2.40 bits per heavy atom. The number of unbranched alkanes of at least 4 members (excludes halogenated alkanes) is 1. The molecule has 1 amide bonds. The topological polar surface area (TPSA) is 52.9 Å². The maximum absolute atomic E-state index is 11.7. The lowest BCUT2D eigenvalue weighted by Crippen LogP contribution is -2.37. The molecule has 1 N–H and O–H groups in total. The van der Waals surface area contributed by atoms with Crippen molar-refractivity contribution < 1.29 is 4.79 Å². The average molecular weight is 210 g/mol. The van der Waals surface area contributed by atoms with Crippen LogP contribution >= 0.6 is 0 Å². The van der Waals surface area contributed by atoms with E-state index < -0.39 is 0 Å². The highest BCUT2D eigenvalue weighted by molar-refractivity contribution is 5.79. The van der Waals surface area contributed by atoms with E-state index in [1.165, 1.54) is 0 Å². The molecule has 0 saturated carbocycles. The molecule has 0 saturated heterocycles. The molecule has 0 aromatic heterocycles. The summed E-state index contributed by atoms with van der Waals surface area (Å²) in [4.78, 5) is 11.7. The van der Waals surface area contributed by atoms with Gasteiger partial charge >= 0.3 is 0 Å². The lowest BCUT2D eigenvalue weighted by Gasteiger charge is -2.16. The minimum Gasteiger partial charge on any atom is -0.340 e. The highest BCUT2D eigenvalue weighted by Crippen LogP contribution is 2.12. The zero-order valence-electron chi connectivity index (χ0n) is 10.0. The standard InChI is InChI=1S/C12H22N2O/c1-4-7-8-10(5-2)12(15)14-11(6-3)9-13/h10-11H,4-8H2,1-3H3,(H,14,15). The molecule has 15 heavy (non-hydrogen) atoms. The summed E-state index contributed by atoms with van der Waals surface area (Å²) in [6, 6.07) is 1.76. The predicted molar refractivity (Wildman–Crippen MR) is 61.1 cm³/mol. The van der Waals surface area contributed by atoms with E-state index in [1.54, 1.807) is 0 Å². The van der Waals surface area contributed by atoms with Crippen molar-refractivity contribution in [3.8, 4) is 6.07 Å². The molecule has 0 aromatic carbocycles. The van der Waals surface area contributed by atoms with Crippen molar-refractivity contribution in [1.82, 2.24) is 5.32 Å². The van der Waals surface area contributed by atoms with Crippen molar-refractivity contribution in [2.24, 2.45) is 5.92 Å². The van der Waals surface area contributed by atoms with Crippen molar-refractivity contribution in [3.05, 3.63) is 0 Å². The van der Waals surface area contributed by atoms with E-state index in [0.29, 0.717) is 6.42 Å². The van der Waals surface area contributed by atoms with Crippen LogP contribution in [0.5, 0.6) is 0 Å². The van der Waals surface area contributed by atoms with Crippen LogP contribution < -0.4 is 5.32 Å². The van der Waals surface area contributed by atoms with E-state index in [2.05, 4.69) is 18.3 Å². The largest absolute Gasteiger partial charge is 0.340 e. The molecule has 2 atom stereocenters. The Bertz CT molecular complexity index is 220. The maximum atomic E-state index is 11.7. The average Bonchev–Trinajstić information content (AvgIpc) is 2.26. The van der Waals surface area contributed by atoms with Gasteiger partial charge in [0.2, 0.25) is 5.91 Å². The second-order valence-electron chi connectivity index (χ2n) is 3.85. The van der Waals surface area contributed by atoms with Crippen molar-refractivity contribution in [3.63, 3.8) is 0 Å². The zero-order chi connectivity index (χ0) is 11.7. The first-order chi connectivity index (χ1) is 7.19. The fraction of sp³-hybridized carbons (Fsp3) is 0.833. The number of nitrogens with zero attached hydrogens (tertiary/aromatic N) is 1. The van der Waals surface area contributed by atoms with Crippen molar-refractivity contribution in [2.75, 3.05) is 0 Å². The van der Waals surface area contributed by atoms with E-state index >= 15 is 0 Å². The SMILES string of the molecule is CCCCC(CC)C(=O)NC(C#N)CC. The molecule has 0 spiro atoms. The molecule has 3 nitrogen and oxygen atoms in total. The molecule has 0 aromatic rings. The molecule has 0 radical (unpaired) electrons. The van der Waals surface area contributed by atoms with Crippen LogP contribution in [0.1, 0.15) is 52.9 Å². The molecular formula is C12H22N2O. The summed E-state index contributed by atoms with van der Waals surface area (Å²) in [6.07, 6.45) is 4.65. The fourth-order valence-electron chi connectivity index (χ4n) is 1.49. The van der Waals surface area contributed by atoms with Crippen LogP contribution in [0.15, 0.2) is 0 Å². The van der Waals surface area contributed by atoms with Gasteiger partial charge in [-0.15, -0.1) is 0 Å². The molecule has 3 heteroatoms. The number of carbonyl (C=O) groups excluding carboxylic acids is 1. The molecule has 0 fully saturated rings. The second-order valence-corrected chi connectivity index (χ2v) is 3.85. The Hall–Kier alpha value is -1.04. The van der Waals surface area contributed by atoms with Crippen molar-refractivity contribution in [2.45, 2.75) is 58.9 Å². The lowest BCUT2D eigenvalue weighted by molar-refractivity contribution is -0.125. The van der Waals surface area contributed by atoms with E-state index in [1.807, 2.05) is 13.8 Å². The molecular weight excluding hydrogens is 188 g/mol. The molecule has 0 heterocycles. The molecule has 2 unspecified atom stereocenters. The predicted octanol–water partition coefficient (Wildman–Crippen LogP) is 2.62. The number of hydrogen-bond donors (Lipinski definition) is 1. The van der Waals surface area contributed by atoms with Crippen LogP contribution in [0.3, 0.4) is 0 Å². The zero-order valence-corrected chi connectivity index (χ0v) is 10.0. The molecule has 0 rings (SSSR count). The van der Waals surface area contributed by atoms with Gasteiger partial charge in [-0.2, -0.15) is 5.26 Å². The van der Waals surface area contributed by atoms with Crippen LogP contribution in [0.4, 0.5) is 0 Å². The third-order valence-corrected chi connectivity index (χ3v) is 2.65. The lowest BCUT2D eigenvalue weighted by atomic mass is 9.98. The fourth-order valence-corrected chi connectivity index (χ4v) is 1.49. The normalized spacial score (nSPS) is 14.0. The Kier molecular flexibility index (Phi) is 7.71. The van der Waals surface area contributed by atoms with Gasteiger partial charge in [-0.05, 0) is 19.3 Å². The van der Waals surface area contributed by atoms with Crippen molar-refractivity contribution >= 4 is 5.91 Å². The summed E-state index contributed by atoms with van der Waals surface area (Å²) in [5.41, 5.74) is 0. The molecule has 0 bridgehead atoms. The summed E-state index contributed by atoms with van der Waals surface area (Å²) in [5.74, 6) is 0.117. The Balaban J connectivity index is 4.09. The number of hydrogen-bond acceptors (Lipinski definition) is 2. The highest BCUT2D eigenvalue weighted by Gasteiger charge is 2.18. The first-order valence-corrected chi connectivity index (χ1v) is 5.89. The van der Waals surface area contributed by atoms with Crippen LogP contribution in [-0.4, -0.2) is 11.9 Å². The first kappa shape index (κ1) is 14.0. The quantitative estimate of drug-likeness (QED) is 0.702. The van der Waals surface area contributed by atoms with Crippen molar-refractivity contribution in [1.29, 1.82) is 5.26 Å². The van der Waals surface area contributed by atoms with Gasteiger partial charge in [-0.3, -0.25) is 4.79 Å². The minimum absolute atomic E-state index is 0.0411.